The van der Waals surface area contributed by atoms with Gasteiger partial charge in [0.15, 0.2) is 5.65 Å². The van der Waals surface area contributed by atoms with E-state index in [-0.39, 0.29) is 5.69 Å². The largest absolute Gasteiger partial charge is 0.327 e. The summed E-state index contributed by atoms with van der Waals surface area (Å²) in [5.41, 5.74) is 1.18. The van der Waals surface area contributed by atoms with Gasteiger partial charge in [0.2, 0.25) is 0 Å². The zero-order valence-electron chi connectivity index (χ0n) is 7.04. The molecule has 0 amide bonds. The SMILES string of the molecule is CCn1c(=O)[nH]c2ncc(Cl)cc21. The molecule has 68 valence electrons. The van der Waals surface area contributed by atoms with Crippen molar-refractivity contribution in [3.63, 3.8) is 0 Å². The number of pyridine rings is 1. The van der Waals surface area contributed by atoms with E-state index in [2.05, 4.69) is 9.97 Å². The van der Waals surface area contributed by atoms with E-state index in [0.29, 0.717) is 17.2 Å². The summed E-state index contributed by atoms with van der Waals surface area (Å²) in [6.45, 7) is 2.51. The van der Waals surface area contributed by atoms with Gasteiger partial charge < -0.3 is 0 Å². The van der Waals surface area contributed by atoms with Gasteiger partial charge in [-0.2, -0.15) is 0 Å². The number of halogens is 1. The van der Waals surface area contributed by atoms with Crippen LogP contribution in [-0.4, -0.2) is 14.5 Å². The molecule has 0 spiro atoms. The quantitative estimate of drug-likeness (QED) is 0.751. The van der Waals surface area contributed by atoms with Crippen LogP contribution in [0.1, 0.15) is 6.92 Å². The Morgan fingerprint density at radius 3 is 3.15 bits per heavy atom. The molecule has 0 unspecified atom stereocenters. The number of hydrogen-bond acceptors (Lipinski definition) is 2. The number of rotatable bonds is 1. The number of nitrogens with one attached hydrogen (secondary N) is 1. The molecule has 2 aromatic heterocycles. The number of nitrogens with zero attached hydrogens (tertiary/aromatic N) is 2. The molecule has 0 saturated carbocycles. The number of H-pyrrole nitrogens is 1. The molecule has 0 fully saturated rings. The summed E-state index contributed by atoms with van der Waals surface area (Å²) in [5.74, 6) is 0. The normalized spacial score (nSPS) is 10.9. The summed E-state index contributed by atoms with van der Waals surface area (Å²) >= 11 is 5.77. The van der Waals surface area contributed by atoms with E-state index < -0.39 is 0 Å². The van der Waals surface area contributed by atoms with Crippen LogP contribution in [0.4, 0.5) is 0 Å². The molecule has 5 heteroatoms. The van der Waals surface area contributed by atoms with Gasteiger partial charge >= 0.3 is 5.69 Å². The number of aromatic nitrogens is 3. The maximum Gasteiger partial charge on any atom is 0.327 e. The molecular formula is C8H8ClN3O. The highest BCUT2D eigenvalue weighted by Gasteiger charge is 2.05. The second-order valence-electron chi connectivity index (χ2n) is 2.70. The standard InChI is InChI=1S/C8H8ClN3O/c1-2-12-6-3-5(9)4-10-7(6)11-8(12)13/h3-4H,2H2,1H3,(H,10,11,13). The molecule has 0 aliphatic heterocycles. The molecule has 13 heavy (non-hydrogen) atoms. The monoisotopic (exact) mass is 197 g/mol. The minimum Gasteiger partial charge on any atom is -0.291 e. The second kappa shape index (κ2) is 2.88. The molecule has 0 radical (unpaired) electrons. The van der Waals surface area contributed by atoms with Crippen LogP contribution in [-0.2, 0) is 6.54 Å². The predicted octanol–water partition coefficient (Wildman–Crippen LogP) is 1.40. The molecule has 2 rings (SSSR count). The second-order valence-corrected chi connectivity index (χ2v) is 3.13. The fourth-order valence-electron chi connectivity index (χ4n) is 1.32. The lowest BCUT2D eigenvalue weighted by Gasteiger charge is -1.96. The van der Waals surface area contributed by atoms with Crippen molar-refractivity contribution in [3.05, 3.63) is 27.8 Å². The minimum atomic E-state index is -0.146. The lowest BCUT2D eigenvalue weighted by molar-refractivity contribution is 0.753. The third-order valence-corrected chi connectivity index (χ3v) is 2.12. The number of aryl methyl sites for hydroxylation is 1. The van der Waals surface area contributed by atoms with E-state index in [1.807, 2.05) is 6.92 Å². The van der Waals surface area contributed by atoms with Gasteiger partial charge in [-0.05, 0) is 13.0 Å². The van der Waals surface area contributed by atoms with E-state index in [1.165, 1.54) is 6.20 Å². The van der Waals surface area contributed by atoms with E-state index in [1.54, 1.807) is 10.6 Å². The fraction of sp³-hybridized carbons (Fsp3) is 0.250. The fourth-order valence-corrected chi connectivity index (χ4v) is 1.47. The molecule has 0 aliphatic rings. The highest BCUT2D eigenvalue weighted by molar-refractivity contribution is 6.31. The first-order chi connectivity index (χ1) is 6.22. The molecule has 0 aromatic carbocycles. The van der Waals surface area contributed by atoms with Crippen LogP contribution in [0.5, 0.6) is 0 Å². The Bertz CT molecular complexity index is 500. The maximum atomic E-state index is 11.3. The summed E-state index contributed by atoms with van der Waals surface area (Å²) in [4.78, 5) is 17.9. The minimum absolute atomic E-state index is 0.146. The van der Waals surface area contributed by atoms with Crippen LogP contribution < -0.4 is 5.69 Å². The predicted molar refractivity (Wildman–Crippen MR) is 51.0 cm³/mol. The summed E-state index contributed by atoms with van der Waals surface area (Å²) in [7, 11) is 0. The van der Waals surface area contributed by atoms with Crippen molar-refractivity contribution in [2.75, 3.05) is 0 Å². The van der Waals surface area contributed by atoms with Crippen molar-refractivity contribution in [1.82, 2.24) is 14.5 Å². The average Bonchev–Trinajstić information content (AvgIpc) is 2.40. The molecule has 4 nitrogen and oxygen atoms in total. The van der Waals surface area contributed by atoms with Gasteiger partial charge in [0.1, 0.15) is 0 Å². The average molecular weight is 198 g/mol. The van der Waals surface area contributed by atoms with Crippen molar-refractivity contribution >= 4 is 22.8 Å². The molecule has 1 N–H and O–H groups in total. The molecule has 0 saturated heterocycles. The number of aromatic amines is 1. The Kier molecular flexibility index (Phi) is 1.84. The van der Waals surface area contributed by atoms with Crippen molar-refractivity contribution < 1.29 is 0 Å². The number of imidazole rings is 1. The maximum absolute atomic E-state index is 11.3. The third kappa shape index (κ3) is 1.23. The third-order valence-electron chi connectivity index (χ3n) is 1.91. The Labute approximate surface area is 79.2 Å². The van der Waals surface area contributed by atoms with E-state index >= 15 is 0 Å². The van der Waals surface area contributed by atoms with Crippen LogP contribution in [0, 0.1) is 0 Å². The Morgan fingerprint density at radius 2 is 2.46 bits per heavy atom. The smallest absolute Gasteiger partial charge is 0.291 e. The highest BCUT2D eigenvalue weighted by atomic mass is 35.5. The van der Waals surface area contributed by atoms with Gasteiger partial charge in [-0.15, -0.1) is 0 Å². The lowest BCUT2D eigenvalue weighted by atomic mass is 10.4. The summed E-state index contributed by atoms with van der Waals surface area (Å²) in [6, 6.07) is 1.73. The van der Waals surface area contributed by atoms with E-state index in [9.17, 15) is 4.79 Å². The number of fused-ring (bicyclic) bond motifs is 1. The summed E-state index contributed by atoms with van der Waals surface area (Å²) < 4.78 is 1.59. The van der Waals surface area contributed by atoms with Crippen LogP contribution >= 0.6 is 11.6 Å². The van der Waals surface area contributed by atoms with Gasteiger partial charge in [-0.3, -0.25) is 9.55 Å². The van der Waals surface area contributed by atoms with Gasteiger partial charge in [0, 0.05) is 12.7 Å². The highest BCUT2D eigenvalue weighted by Crippen LogP contribution is 2.13. The molecular weight excluding hydrogens is 190 g/mol. The number of hydrogen-bond donors (Lipinski definition) is 1. The van der Waals surface area contributed by atoms with E-state index in [0.717, 1.165) is 5.52 Å². The van der Waals surface area contributed by atoms with Crippen LogP contribution in [0.3, 0.4) is 0 Å². The Balaban J connectivity index is 2.89. The topological polar surface area (TPSA) is 50.7 Å². The van der Waals surface area contributed by atoms with Crippen LogP contribution in [0.15, 0.2) is 17.1 Å². The van der Waals surface area contributed by atoms with Crippen molar-refractivity contribution in [1.29, 1.82) is 0 Å². The van der Waals surface area contributed by atoms with Gasteiger partial charge in [-0.1, -0.05) is 11.6 Å². The Morgan fingerprint density at radius 1 is 1.69 bits per heavy atom. The molecule has 0 aliphatic carbocycles. The van der Waals surface area contributed by atoms with Crippen molar-refractivity contribution in [3.8, 4) is 0 Å². The van der Waals surface area contributed by atoms with Crippen LogP contribution in [0.2, 0.25) is 5.02 Å². The first kappa shape index (κ1) is 8.31. The summed E-state index contributed by atoms with van der Waals surface area (Å²) in [6.07, 6.45) is 1.51. The van der Waals surface area contributed by atoms with Gasteiger partial charge in [0.05, 0.1) is 10.5 Å². The van der Waals surface area contributed by atoms with Crippen molar-refractivity contribution in [2.45, 2.75) is 13.5 Å². The molecule has 0 bridgehead atoms. The molecule has 0 atom stereocenters. The molecule has 2 heterocycles. The zero-order valence-corrected chi connectivity index (χ0v) is 7.80. The molecule has 2 aromatic rings. The van der Waals surface area contributed by atoms with Crippen molar-refractivity contribution in [2.24, 2.45) is 0 Å². The lowest BCUT2D eigenvalue weighted by Crippen LogP contribution is -2.14. The summed E-state index contributed by atoms with van der Waals surface area (Å²) in [5, 5.41) is 0.536. The first-order valence-electron chi connectivity index (χ1n) is 3.96. The van der Waals surface area contributed by atoms with E-state index in [4.69, 9.17) is 11.6 Å². The Hall–Kier alpha value is -1.29. The van der Waals surface area contributed by atoms with Gasteiger partial charge in [-0.25, -0.2) is 9.78 Å². The van der Waals surface area contributed by atoms with Gasteiger partial charge in [0.25, 0.3) is 0 Å². The zero-order chi connectivity index (χ0) is 9.42. The van der Waals surface area contributed by atoms with Crippen LogP contribution in [0.25, 0.3) is 11.2 Å². The first-order valence-corrected chi connectivity index (χ1v) is 4.34.